The van der Waals surface area contributed by atoms with E-state index in [2.05, 4.69) is 29.0 Å². The van der Waals surface area contributed by atoms with E-state index in [9.17, 15) is 4.79 Å². The molecule has 0 radical (unpaired) electrons. The van der Waals surface area contributed by atoms with Crippen LogP contribution in [0.1, 0.15) is 30.6 Å². The van der Waals surface area contributed by atoms with Gasteiger partial charge >= 0.3 is 0 Å². The molecule has 2 heterocycles. The van der Waals surface area contributed by atoms with Gasteiger partial charge in [-0.3, -0.25) is 4.79 Å². The zero-order valence-electron chi connectivity index (χ0n) is 12.1. The molecule has 6 heteroatoms. The summed E-state index contributed by atoms with van der Waals surface area (Å²) in [5.41, 5.74) is 11.6. The van der Waals surface area contributed by atoms with Crippen molar-refractivity contribution < 1.29 is 4.79 Å². The number of aromatic nitrogens is 1. The van der Waals surface area contributed by atoms with Crippen LogP contribution in [0.15, 0.2) is 12.3 Å². The van der Waals surface area contributed by atoms with Gasteiger partial charge in [-0.25, -0.2) is 4.98 Å². The number of nitrogens with one attached hydrogen (secondary N) is 1. The molecule has 110 valence electrons. The first-order valence-electron chi connectivity index (χ1n) is 7.00. The Hall–Kier alpha value is -1.82. The number of hydrogen-bond acceptors (Lipinski definition) is 5. The van der Waals surface area contributed by atoms with Crippen LogP contribution >= 0.6 is 0 Å². The number of likely N-dealkylation sites (tertiary alicyclic amines) is 1. The van der Waals surface area contributed by atoms with Gasteiger partial charge in [-0.05, 0) is 38.8 Å². The molecular formula is C14H23N5O. The smallest absolute Gasteiger partial charge is 0.250 e. The zero-order valence-corrected chi connectivity index (χ0v) is 12.1. The molecule has 0 spiro atoms. The summed E-state index contributed by atoms with van der Waals surface area (Å²) < 4.78 is 0. The van der Waals surface area contributed by atoms with Crippen LogP contribution in [0.3, 0.4) is 0 Å². The van der Waals surface area contributed by atoms with Gasteiger partial charge in [-0.1, -0.05) is 0 Å². The monoisotopic (exact) mass is 277 g/mol. The SMILES string of the molecule is CC(C)N1CCC(CNc2cc(C(N)=O)c(N)cn2)C1. The van der Waals surface area contributed by atoms with Crippen LogP contribution in [0.4, 0.5) is 11.5 Å². The van der Waals surface area contributed by atoms with Crippen molar-refractivity contribution >= 4 is 17.4 Å². The zero-order chi connectivity index (χ0) is 14.7. The van der Waals surface area contributed by atoms with Gasteiger partial charge in [-0.2, -0.15) is 0 Å². The molecule has 5 N–H and O–H groups in total. The highest BCUT2D eigenvalue weighted by Crippen LogP contribution is 2.20. The molecule has 0 aromatic carbocycles. The summed E-state index contributed by atoms with van der Waals surface area (Å²) in [5.74, 6) is 0.726. The van der Waals surface area contributed by atoms with Gasteiger partial charge in [-0.15, -0.1) is 0 Å². The first-order chi connectivity index (χ1) is 9.47. The minimum Gasteiger partial charge on any atom is -0.397 e. The maximum absolute atomic E-state index is 11.2. The summed E-state index contributed by atoms with van der Waals surface area (Å²) >= 11 is 0. The molecule has 1 aromatic rings. The Morgan fingerprint density at radius 3 is 2.95 bits per heavy atom. The van der Waals surface area contributed by atoms with Crippen LogP contribution < -0.4 is 16.8 Å². The van der Waals surface area contributed by atoms with Crippen LogP contribution in [0, 0.1) is 5.92 Å². The van der Waals surface area contributed by atoms with Crippen molar-refractivity contribution in [2.75, 3.05) is 30.7 Å². The van der Waals surface area contributed by atoms with Crippen LogP contribution in [0.5, 0.6) is 0 Å². The number of pyridine rings is 1. The molecule has 1 fully saturated rings. The van der Waals surface area contributed by atoms with Crippen molar-refractivity contribution in [3.8, 4) is 0 Å². The van der Waals surface area contributed by atoms with Gasteiger partial charge in [0.15, 0.2) is 0 Å². The fourth-order valence-corrected chi connectivity index (χ4v) is 2.52. The Morgan fingerprint density at radius 1 is 1.60 bits per heavy atom. The number of nitrogen functional groups attached to an aromatic ring is 1. The summed E-state index contributed by atoms with van der Waals surface area (Å²) in [7, 11) is 0. The molecule has 1 amide bonds. The minimum absolute atomic E-state index is 0.315. The number of hydrogen-bond donors (Lipinski definition) is 3. The lowest BCUT2D eigenvalue weighted by Crippen LogP contribution is -2.29. The van der Waals surface area contributed by atoms with E-state index in [1.165, 1.54) is 12.6 Å². The van der Waals surface area contributed by atoms with Crippen LogP contribution in [0.25, 0.3) is 0 Å². The molecule has 1 unspecified atom stereocenters. The van der Waals surface area contributed by atoms with E-state index >= 15 is 0 Å². The molecule has 1 saturated heterocycles. The second kappa shape index (κ2) is 6.09. The topological polar surface area (TPSA) is 97.3 Å². The maximum atomic E-state index is 11.2. The molecule has 2 rings (SSSR count). The molecule has 0 bridgehead atoms. The third-order valence-corrected chi connectivity index (χ3v) is 3.82. The van der Waals surface area contributed by atoms with E-state index in [0.717, 1.165) is 19.6 Å². The molecule has 20 heavy (non-hydrogen) atoms. The summed E-state index contributed by atoms with van der Waals surface area (Å²) in [4.78, 5) is 17.9. The average Bonchev–Trinajstić information content (AvgIpc) is 2.86. The van der Waals surface area contributed by atoms with Crippen molar-refractivity contribution in [3.63, 3.8) is 0 Å². The summed E-state index contributed by atoms with van der Waals surface area (Å²) in [6.07, 6.45) is 2.65. The predicted octanol–water partition coefficient (Wildman–Crippen LogP) is 0.905. The van der Waals surface area contributed by atoms with Crippen molar-refractivity contribution in [2.45, 2.75) is 26.3 Å². The van der Waals surface area contributed by atoms with E-state index in [1.54, 1.807) is 6.07 Å². The lowest BCUT2D eigenvalue weighted by molar-refractivity contribution is 0.100. The third kappa shape index (κ3) is 3.39. The van der Waals surface area contributed by atoms with Gasteiger partial charge in [0.05, 0.1) is 17.4 Å². The summed E-state index contributed by atoms with van der Waals surface area (Å²) in [6, 6.07) is 2.21. The molecular weight excluding hydrogens is 254 g/mol. The van der Waals surface area contributed by atoms with Gasteiger partial charge < -0.3 is 21.7 Å². The first kappa shape index (κ1) is 14.6. The molecule has 1 aliphatic rings. The van der Waals surface area contributed by atoms with E-state index in [-0.39, 0.29) is 0 Å². The summed E-state index contributed by atoms with van der Waals surface area (Å²) in [5, 5.41) is 3.27. The van der Waals surface area contributed by atoms with Crippen molar-refractivity contribution in [3.05, 3.63) is 17.8 Å². The van der Waals surface area contributed by atoms with Gasteiger partial charge in [0.2, 0.25) is 0 Å². The summed E-state index contributed by atoms with van der Waals surface area (Å²) in [6.45, 7) is 7.53. The Balaban J connectivity index is 1.92. The fourth-order valence-electron chi connectivity index (χ4n) is 2.52. The first-order valence-corrected chi connectivity index (χ1v) is 7.00. The number of anilines is 2. The molecule has 6 nitrogen and oxygen atoms in total. The average molecular weight is 277 g/mol. The highest BCUT2D eigenvalue weighted by Gasteiger charge is 2.23. The second-order valence-electron chi connectivity index (χ2n) is 5.65. The quantitative estimate of drug-likeness (QED) is 0.743. The number of primary amides is 1. The molecule has 1 atom stereocenters. The van der Waals surface area contributed by atoms with Crippen LogP contribution in [0.2, 0.25) is 0 Å². The van der Waals surface area contributed by atoms with Gasteiger partial charge in [0, 0.05) is 19.1 Å². The van der Waals surface area contributed by atoms with E-state index in [1.807, 2.05) is 0 Å². The predicted molar refractivity (Wildman–Crippen MR) is 80.5 cm³/mol. The van der Waals surface area contributed by atoms with Crippen LogP contribution in [-0.2, 0) is 0 Å². The lowest BCUT2D eigenvalue weighted by atomic mass is 10.1. The Labute approximate surface area is 119 Å². The fraction of sp³-hybridized carbons (Fsp3) is 0.571. The van der Waals surface area contributed by atoms with Gasteiger partial charge in [0.1, 0.15) is 5.82 Å². The number of nitrogens with two attached hydrogens (primary N) is 2. The van der Waals surface area contributed by atoms with Crippen molar-refractivity contribution in [2.24, 2.45) is 11.7 Å². The van der Waals surface area contributed by atoms with Gasteiger partial charge in [0.25, 0.3) is 5.91 Å². The van der Waals surface area contributed by atoms with E-state index in [4.69, 9.17) is 11.5 Å². The molecule has 1 aromatic heterocycles. The highest BCUT2D eigenvalue weighted by molar-refractivity contribution is 5.98. The number of nitrogens with zero attached hydrogens (tertiary/aromatic N) is 2. The molecule has 0 aliphatic carbocycles. The largest absolute Gasteiger partial charge is 0.397 e. The third-order valence-electron chi connectivity index (χ3n) is 3.82. The Morgan fingerprint density at radius 2 is 2.35 bits per heavy atom. The number of carbonyl (C=O) groups excluding carboxylic acids is 1. The number of rotatable bonds is 5. The number of carbonyl (C=O) groups is 1. The van der Waals surface area contributed by atoms with Crippen molar-refractivity contribution in [1.82, 2.24) is 9.88 Å². The molecule has 1 aliphatic heterocycles. The Kier molecular flexibility index (Phi) is 4.44. The van der Waals surface area contributed by atoms with E-state index < -0.39 is 5.91 Å². The molecule has 0 saturated carbocycles. The minimum atomic E-state index is -0.528. The highest BCUT2D eigenvalue weighted by atomic mass is 16.1. The number of amides is 1. The normalized spacial score (nSPS) is 19.4. The standard InChI is InChI=1S/C14H23N5O/c1-9(2)19-4-3-10(8-19)6-17-13-5-11(14(16)20)12(15)7-18-13/h5,7,9-10H,3-4,6,8,15H2,1-2H3,(H2,16,20)(H,17,18). The van der Waals surface area contributed by atoms with E-state index in [0.29, 0.717) is 29.0 Å². The maximum Gasteiger partial charge on any atom is 0.250 e. The van der Waals surface area contributed by atoms with Crippen molar-refractivity contribution in [1.29, 1.82) is 0 Å². The Bertz CT molecular complexity index is 488. The second-order valence-corrected chi connectivity index (χ2v) is 5.65. The lowest BCUT2D eigenvalue weighted by Gasteiger charge is -2.20. The van der Waals surface area contributed by atoms with Crippen LogP contribution in [-0.4, -0.2) is 41.5 Å².